The summed E-state index contributed by atoms with van der Waals surface area (Å²) in [5.41, 5.74) is 1.15. The van der Waals surface area contributed by atoms with Gasteiger partial charge < -0.3 is 15.0 Å². The molecule has 0 spiro atoms. The van der Waals surface area contributed by atoms with Gasteiger partial charge in [0.15, 0.2) is 0 Å². The minimum absolute atomic E-state index is 0.0329. The Morgan fingerprint density at radius 2 is 1.64 bits per heavy atom. The molecule has 0 bridgehead atoms. The second-order valence-electron chi connectivity index (χ2n) is 9.10. The zero-order valence-corrected chi connectivity index (χ0v) is 22.3. The van der Waals surface area contributed by atoms with E-state index in [0.29, 0.717) is 18.0 Å². The molecule has 2 aromatic rings. The Balaban J connectivity index is 2.15. The largest absolute Gasteiger partial charge is 0.497 e. The van der Waals surface area contributed by atoms with Crippen LogP contribution in [0.1, 0.15) is 39.2 Å². The summed E-state index contributed by atoms with van der Waals surface area (Å²) in [6, 6.07) is 11.7. The number of rotatable bonds is 13. The van der Waals surface area contributed by atoms with Crippen molar-refractivity contribution in [3.63, 3.8) is 0 Å². The summed E-state index contributed by atoms with van der Waals surface area (Å²) in [6.45, 7) is 6.40. The quantitative estimate of drug-likeness (QED) is 0.435. The van der Waals surface area contributed by atoms with Crippen molar-refractivity contribution < 1.29 is 27.1 Å². The monoisotopic (exact) mass is 521 g/mol. The molecule has 1 atom stereocenters. The summed E-state index contributed by atoms with van der Waals surface area (Å²) in [7, 11) is -2.07. The van der Waals surface area contributed by atoms with E-state index in [1.165, 1.54) is 29.2 Å². The predicted octanol–water partition coefficient (Wildman–Crippen LogP) is 3.57. The number of sulfonamides is 1. The first kappa shape index (κ1) is 29.1. The first-order valence-corrected chi connectivity index (χ1v) is 13.7. The molecule has 0 aliphatic rings. The number of methoxy groups -OCH3 is 1. The zero-order valence-electron chi connectivity index (χ0n) is 21.5. The van der Waals surface area contributed by atoms with Crippen LogP contribution < -0.4 is 14.4 Å². The summed E-state index contributed by atoms with van der Waals surface area (Å²) < 4.78 is 44.3. The van der Waals surface area contributed by atoms with Crippen molar-refractivity contribution >= 4 is 27.5 Å². The van der Waals surface area contributed by atoms with E-state index in [1.807, 2.05) is 26.0 Å². The number of hydrogen-bond donors (Lipinski definition) is 1. The molecule has 0 radical (unpaired) electrons. The molecule has 0 heterocycles. The first-order valence-electron chi connectivity index (χ1n) is 11.9. The van der Waals surface area contributed by atoms with Crippen molar-refractivity contribution in [2.45, 2.75) is 46.2 Å². The van der Waals surface area contributed by atoms with Crippen LogP contribution in [0.3, 0.4) is 0 Å². The summed E-state index contributed by atoms with van der Waals surface area (Å²) >= 11 is 0. The van der Waals surface area contributed by atoms with Gasteiger partial charge in [-0.15, -0.1) is 0 Å². The number of carbonyl (C=O) groups is 2. The van der Waals surface area contributed by atoms with Crippen LogP contribution in [-0.4, -0.2) is 57.6 Å². The Morgan fingerprint density at radius 3 is 2.17 bits per heavy atom. The van der Waals surface area contributed by atoms with Gasteiger partial charge in [0.1, 0.15) is 17.6 Å². The van der Waals surface area contributed by atoms with Gasteiger partial charge in [-0.3, -0.25) is 13.9 Å². The SMILES string of the molecule is COc1ccc(CN(C(=O)CCCN(c2ccc(F)cc2)S(C)(=O)=O)[C@@H](C)C(=O)NCC(C)C)cc1. The van der Waals surface area contributed by atoms with Gasteiger partial charge in [0.25, 0.3) is 0 Å². The van der Waals surface area contributed by atoms with E-state index >= 15 is 0 Å². The highest BCUT2D eigenvalue weighted by molar-refractivity contribution is 7.92. The molecule has 2 aromatic carbocycles. The smallest absolute Gasteiger partial charge is 0.242 e. The molecular weight excluding hydrogens is 485 g/mol. The first-order chi connectivity index (χ1) is 16.9. The minimum atomic E-state index is -3.64. The van der Waals surface area contributed by atoms with Gasteiger partial charge in [-0.1, -0.05) is 26.0 Å². The van der Waals surface area contributed by atoms with Crippen LogP contribution in [0.4, 0.5) is 10.1 Å². The number of nitrogens with one attached hydrogen (secondary N) is 1. The van der Waals surface area contributed by atoms with Crippen molar-refractivity contribution in [3.8, 4) is 5.75 Å². The van der Waals surface area contributed by atoms with Crippen molar-refractivity contribution in [3.05, 3.63) is 59.9 Å². The Labute approximate surface area is 213 Å². The van der Waals surface area contributed by atoms with Crippen LogP contribution in [0.2, 0.25) is 0 Å². The predicted molar refractivity (Wildman–Crippen MR) is 139 cm³/mol. The molecular formula is C26H36FN3O5S. The highest BCUT2D eigenvalue weighted by Crippen LogP contribution is 2.20. The lowest BCUT2D eigenvalue weighted by molar-refractivity contribution is -0.140. The molecule has 8 nitrogen and oxygen atoms in total. The van der Waals surface area contributed by atoms with E-state index in [1.54, 1.807) is 26.2 Å². The molecule has 0 aliphatic carbocycles. The van der Waals surface area contributed by atoms with Gasteiger partial charge in [0.05, 0.1) is 19.1 Å². The zero-order chi connectivity index (χ0) is 26.9. The number of anilines is 1. The topological polar surface area (TPSA) is 96.0 Å². The van der Waals surface area contributed by atoms with Crippen LogP contribution in [0.5, 0.6) is 5.75 Å². The summed E-state index contributed by atoms with van der Waals surface area (Å²) in [4.78, 5) is 27.5. The third-order valence-electron chi connectivity index (χ3n) is 5.63. The van der Waals surface area contributed by atoms with Crippen molar-refractivity contribution in [1.29, 1.82) is 0 Å². The number of carbonyl (C=O) groups excluding carboxylic acids is 2. The lowest BCUT2D eigenvalue weighted by atomic mass is 10.1. The highest BCUT2D eigenvalue weighted by atomic mass is 32.2. The number of amides is 2. The van der Waals surface area contributed by atoms with Crippen LogP contribution >= 0.6 is 0 Å². The van der Waals surface area contributed by atoms with E-state index in [9.17, 15) is 22.4 Å². The second-order valence-corrected chi connectivity index (χ2v) is 11.0. The summed E-state index contributed by atoms with van der Waals surface area (Å²) in [5.74, 6) is -0.0529. The average Bonchev–Trinajstić information content (AvgIpc) is 2.83. The minimum Gasteiger partial charge on any atom is -0.497 e. The van der Waals surface area contributed by atoms with E-state index < -0.39 is 21.9 Å². The van der Waals surface area contributed by atoms with Gasteiger partial charge >= 0.3 is 0 Å². The van der Waals surface area contributed by atoms with E-state index in [4.69, 9.17) is 4.74 Å². The molecule has 0 unspecified atom stereocenters. The fourth-order valence-corrected chi connectivity index (χ4v) is 4.54. The van der Waals surface area contributed by atoms with Crippen molar-refractivity contribution in [1.82, 2.24) is 10.2 Å². The van der Waals surface area contributed by atoms with Gasteiger partial charge in [0.2, 0.25) is 21.8 Å². The molecule has 0 fully saturated rings. The summed E-state index contributed by atoms with van der Waals surface area (Å²) in [6.07, 6.45) is 1.32. The van der Waals surface area contributed by atoms with Crippen LogP contribution in [0.25, 0.3) is 0 Å². The standard InChI is InChI=1S/C26H36FN3O5S/c1-19(2)17-28-26(32)20(3)29(18-21-8-14-24(35-4)15-9-21)25(31)7-6-16-30(36(5,33)34)23-12-10-22(27)11-13-23/h8-15,19-20H,6-7,16-18H2,1-5H3,(H,28,32)/t20-/m0/s1. The van der Waals surface area contributed by atoms with E-state index in [-0.39, 0.29) is 43.7 Å². The Kier molecular flexibility index (Phi) is 10.7. The maximum absolute atomic E-state index is 13.3. The fraction of sp³-hybridized carbons (Fsp3) is 0.462. The lowest BCUT2D eigenvalue weighted by Crippen LogP contribution is -2.48. The number of halogens is 1. The van der Waals surface area contributed by atoms with Crippen molar-refractivity contribution in [2.24, 2.45) is 5.92 Å². The normalized spacial score (nSPS) is 12.2. The third-order valence-corrected chi connectivity index (χ3v) is 6.82. The van der Waals surface area contributed by atoms with E-state index in [0.717, 1.165) is 16.1 Å². The molecule has 2 rings (SSSR count). The molecule has 0 saturated carbocycles. The van der Waals surface area contributed by atoms with Gasteiger partial charge in [-0.05, 0) is 61.2 Å². The Hall–Kier alpha value is -3.14. The molecule has 0 aromatic heterocycles. The van der Waals surface area contributed by atoms with E-state index in [2.05, 4.69) is 5.32 Å². The second kappa shape index (κ2) is 13.2. The van der Waals surface area contributed by atoms with Crippen LogP contribution in [0, 0.1) is 11.7 Å². The maximum atomic E-state index is 13.3. The molecule has 1 N–H and O–H groups in total. The molecule has 36 heavy (non-hydrogen) atoms. The summed E-state index contributed by atoms with van der Waals surface area (Å²) in [5, 5.41) is 2.87. The Bertz CT molecular complexity index is 1110. The number of benzene rings is 2. The van der Waals surface area contributed by atoms with Crippen LogP contribution in [0.15, 0.2) is 48.5 Å². The van der Waals surface area contributed by atoms with Crippen LogP contribution in [-0.2, 0) is 26.2 Å². The maximum Gasteiger partial charge on any atom is 0.242 e. The molecule has 198 valence electrons. The molecule has 10 heteroatoms. The van der Waals surface area contributed by atoms with Gasteiger partial charge in [0, 0.05) is 26.1 Å². The third kappa shape index (κ3) is 8.82. The molecule has 0 aliphatic heterocycles. The van der Waals surface area contributed by atoms with Gasteiger partial charge in [-0.2, -0.15) is 0 Å². The highest BCUT2D eigenvalue weighted by Gasteiger charge is 2.26. The molecule has 0 saturated heterocycles. The van der Waals surface area contributed by atoms with Gasteiger partial charge in [-0.25, -0.2) is 12.8 Å². The molecule has 2 amide bonds. The fourth-order valence-electron chi connectivity index (χ4n) is 3.57. The number of nitrogens with zero attached hydrogens (tertiary/aromatic N) is 2. The lowest BCUT2D eigenvalue weighted by Gasteiger charge is -2.29. The van der Waals surface area contributed by atoms with Crippen molar-refractivity contribution in [2.75, 3.05) is 30.8 Å². The number of ether oxygens (including phenoxy) is 1. The Morgan fingerprint density at radius 1 is 1.03 bits per heavy atom. The number of hydrogen-bond acceptors (Lipinski definition) is 5. The average molecular weight is 522 g/mol.